The van der Waals surface area contributed by atoms with E-state index in [1.54, 1.807) is 13.2 Å². The Kier molecular flexibility index (Phi) is 7.95. The summed E-state index contributed by atoms with van der Waals surface area (Å²) in [5.74, 6) is -3.57. The second-order valence-corrected chi connectivity index (χ2v) is 12.4. The van der Waals surface area contributed by atoms with Crippen LogP contribution in [0.3, 0.4) is 0 Å². The van der Waals surface area contributed by atoms with Gasteiger partial charge in [-0.15, -0.1) is 11.3 Å². The van der Waals surface area contributed by atoms with Gasteiger partial charge >= 0.3 is 5.92 Å². The quantitative estimate of drug-likeness (QED) is 0.310. The van der Waals surface area contributed by atoms with Crippen LogP contribution in [0.5, 0.6) is 5.75 Å². The van der Waals surface area contributed by atoms with Crippen LogP contribution in [-0.4, -0.2) is 73.4 Å². The van der Waals surface area contributed by atoms with Crippen LogP contribution in [0, 0.1) is 5.82 Å². The van der Waals surface area contributed by atoms with Crippen molar-refractivity contribution in [2.45, 2.75) is 18.4 Å². The van der Waals surface area contributed by atoms with Gasteiger partial charge < -0.3 is 14.8 Å². The Morgan fingerprint density at radius 1 is 1.15 bits per heavy atom. The summed E-state index contributed by atoms with van der Waals surface area (Å²) >= 11 is 1.39. The van der Waals surface area contributed by atoms with E-state index in [1.165, 1.54) is 21.7 Å². The smallest absolute Gasteiger partial charge is 0.315 e. The number of rotatable bonds is 9. The topological polar surface area (TPSA) is 107 Å². The van der Waals surface area contributed by atoms with Crippen molar-refractivity contribution >= 4 is 37.5 Å². The summed E-state index contributed by atoms with van der Waals surface area (Å²) in [6.45, 7) is 0.650. The van der Waals surface area contributed by atoms with Crippen LogP contribution < -0.4 is 10.1 Å². The SMILES string of the molecule is COc1ccc2nc(Cc3cc(C(F)(F)c4ccc(F)cc4)nc(NCC4CN(S(C)(=O)=O)CCO4)n3)sc2c1. The number of halogens is 3. The van der Waals surface area contributed by atoms with E-state index in [0.29, 0.717) is 16.5 Å². The predicted molar refractivity (Wildman–Crippen MR) is 145 cm³/mol. The van der Waals surface area contributed by atoms with Gasteiger partial charge in [0.1, 0.15) is 17.3 Å². The number of morpholine rings is 1. The molecular weight excluding hydrogens is 567 g/mol. The molecule has 0 saturated carbocycles. The van der Waals surface area contributed by atoms with Crippen molar-refractivity contribution in [3.8, 4) is 5.75 Å². The fourth-order valence-electron chi connectivity index (χ4n) is 4.27. The van der Waals surface area contributed by atoms with Gasteiger partial charge in [0, 0.05) is 31.6 Å². The molecule has 40 heavy (non-hydrogen) atoms. The zero-order chi connectivity index (χ0) is 28.5. The zero-order valence-electron chi connectivity index (χ0n) is 21.6. The number of alkyl halides is 2. The molecule has 0 radical (unpaired) electrons. The number of nitrogens with one attached hydrogen (secondary N) is 1. The minimum absolute atomic E-state index is 0.0721. The van der Waals surface area contributed by atoms with Gasteiger partial charge in [-0.3, -0.25) is 0 Å². The monoisotopic (exact) mass is 593 g/mol. The number of sulfonamides is 1. The summed E-state index contributed by atoms with van der Waals surface area (Å²) in [6.07, 6.45) is 0.751. The highest BCUT2D eigenvalue weighted by Gasteiger charge is 2.37. The lowest BCUT2D eigenvalue weighted by Gasteiger charge is -2.31. The van der Waals surface area contributed by atoms with Crippen LogP contribution >= 0.6 is 11.3 Å². The molecule has 0 bridgehead atoms. The van der Waals surface area contributed by atoms with Crippen LogP contribution in [0.25, 0.3) is 10.2 Å². The van der Waals surface area contributed by atoms with Gasteiger partial charge in [-0.2, -0.15) is 13.1 Å². The molecule has 1 aliphatic rings. The zero-order valence-corrected chi connectivity index (χ0v) is 23.2. The molecule has 0 spiro atoms. The first-order valence-corrected chi connectivity index (χ1v) is 14.9. The molecular formula is C26H26F3N5O4S2. The maximum atomic E-state index is 15.6. The van der Waals surface area contributed by atoms with Crippen molar-refractivity contribution in [1.82, 2.24) is 19.3 Å². The Labute approximate surface area is 233 Å². The molecule has 14 heteroatoms. The van der Waals surface area contributed by atoms with Crippen LogP contribution in [0.1, 0.15) is 22.0 Å². The molecule has 2 aromatic heterocycles. The molecule has 1 fully saturated rings. The highest BCUT2D eigenvalue weighted by atomic mass is 32.2. The molecule has 0 amide bonds. The van der Waals surface area contributed by atoms with Crippen molar-refractivity contribution in [3.05, 3.63) is 76.3 Å². The van der Waals surface area contributed by atoms with Gasteiger partial charge in [-0.05, 0) is 48.5 Å². The number of nitrogens with zero attached hydrogens (tertiary/aromatic N) is 4. The number of ether oxygens (including phenoxy) is 2. The van der Waals surface area contributed by atoms with Crippen LogP contribution in [0.4, 0.5) is 19.1 Å². The second kappa shape index (κ2) is 11.3. The molecule has 5 rings (SSSR count). The average Bonchev–Trinajstić information content (AvgIpc) is 3.33. The largest absolute Gasteiger partial charge is 0.497 e. The molecule has 2 aromatic carbocycles. The van der Waals surface area contributed by atoms with E-state index in [2.05, 4.69) is 20.3 Å². The number of thiazole rings is 1. The number of aromatic nitrogens is 3. The molecule has 1 N–H and O–H groups in total. The maximum absolute atomic E-state index is 15.6. The predicted octanol–water partition coefficient (Wildman–Crippen LogP) is 4.04. The standard InChI is InChI=1S/C26H26F3N5O4S2/c1-37-19-7-8-21-22(13-19)39-24(32-21)12-18-11-23(26(28,29)16-3-5-17(27)6-4-16)33-25(31-18)30-14-20-15-34(9-10-38-20)40(2,35)36/h3-8,11,13,20H,9-10,12,14-15H2,1-2H3,(H,30,31,33). The number of hydrogen-bond donors (Lipinski definition) is 1. The minimum atomic E-state index is -3.54. The van der Waals surface area contributed by atoms with Crippen LogP contribution in [0.15, 0.2) is 48.5 Å². The summed E-state index contributed by atoms with van der Waals surface area (Å²) in [5.41, 5.74) is 0.0466. The first kappa shape index (κ1) is 28.2. The normalized spacial score (nSPS) is 16.8. The summed E-state index contributed by atoms with van der Waals surface area (Å²) in [5, 5.41) is 3.59. The summed E-state index contributed by atoms with van der Waals surface area (Å²) in [7, 11) is -1.84. The Balaban J connectivity index is 1.44. The van der Waals surface area contributed by atoms with Gasteiger partial charge in [0.05, 0.1) is 47.0 Å². The fraction of sp³-hybridized carbons (Fsp3) is 0.346. The second-order valence-electron chi connectivity index (χ2n) is 9.26. The maximum Gasteiger partial charge on any atom is 0.315 e. The van der Waals surface area contributed by atoms with E-state index in [1.807, 2.05) is 12.1 Å². The van der Waals surface area contributed by atoms with Gasteiger partial charge in [-0.1, -0.05) is 0 Å². The third-order valence-corrected chi connectivity index (χ3v) is 8.63. The van der Waals surface area contributed by atoms with Crippen molar-refractivity contribution in [2.24, 2.45) is 0 Å². The Bertz CT molecular complexity index is 1620. The average molecular weight is 594 g/mol. The summed E-state index contributed by atoms with van der Waals surface area (Å²) in [6, 6.07) is 10.6. The van der Waals surface area contributed by atoms with Crippen molar-refractivity contribution < 1.29 is 31.1 Å². The van der Waals surface area contributed by atoms with Gasteiger partial charge in [0.15, 0.2) is 0 Å². The molecule has 4 aromatic rings. The lowest BCUT2D eigenvalue weighted by atomic mass is 10.0. The van der Waals surface area contributed by atoms with Crippen LogP contribution in [-0.2, 0) is 27.1 Å². The highest BCUT2D eigenvalue weighted by Crippen LogP contribution is 2.36. The minimum Gasteiger partial charge on any atom is -0.497 e. The number of hydrogen-bond acceptors (Lipinski definition) is 9. The first-order chi connectivity index (χ1) is 19.0. The molecule has 0 aliphatic carbocycles. The molecule has 3 heterocycles. The first-order valence-electron chi connectivity index (χ1n) is 12.3. The van der Waals surface area contributed by atoms with Crippen LogP contribution in [0.2, 0.25) is 0 Å². The molecule has 1 atom stereocenters. The van der Waals surface area contributed by atoms with E-state index >= 15 is 8.78 Å². The molecule has 1 unspecified atom stereocenters. The van der Waals surface area contributed by atoms with E-state index in [4.69, 9.17) is 9.47 Å². The van der Waals surface area contributed by atoms with Gasteiger partial charge in [-0.25, -0.2) is 27.8 Å². The Hall–Kier alpha value is -3.33. The molecule has 212 valence electrons. The number of benzene rings is 2. The van der Waals surface area contributed by atoms with E-state index in [9.17, 15) is 12.8 Å². The number of fused-ring (bicyclic) bond motifs is 1. The fourth-order valence-corrected chi connectivity index (χ4v) is 6.12. The van der Waals surface area contributed by atoms with Crippen molar-refractivity contribution in [2.75, 3.05) is 44.9 Å². The van der Waals surface area contributed by atoms with Gasteiger partial charge in [0.2, 0.25) is 16.0 Å². The van der Waals surface area contributed by atoms with E-state index in [0.717, 1.165) is 40.7 Å². The van der Waals surface area contributed by atoms with E-state index < -0.39 is 39.1 Å². The lowest BCUT2D eigenvalue weighted by Crippen LogP contribution is -2.47. The Morgan fingerprint density at radius 3 is 2.65 bits per heavy atom. The lowest BCUT2D eigenvalue weighted by molar-refractivity contribution is 0.00692. The number of methoxy groups -OCH3 is 1. The Morgan fingerprint density at radius 2 is 1.93 bits per heavy atom. The third kappa shape index (κ3) is 6.35. The summed E-state index contributed by atoms with van der Waals surface area (Å²) in [4.78, 5) is 13.1. The molecule has 9 nitrogen and oxygen atoms in total. The van der Waals surface area contributed by atoms with Crippen molar-refractivity contribution in [3.63, 3.8) is 0 Å². The number of anilines is 1. The molecule has 1 aliphatic heterocycles. The van der Waals surface area contributed by atoms with Gasteiger partial charge in [0.25, 0.3) is 0 Å². The summed E-state index contributed by atoms with van der Waals surface area (Å²) < 4.78 is 81.6. The molecule has 1 saturated heterocycles. The van der Waals surface area contributed by atoms with Crippen molar-refractivity contribution in [1.29, 1.82) is 0 Å². The van der Waals surface area contributed by atoms with E-state index in [-0.39, 0.29) is 38.6 Å². The third-order valence-electron chi connectivity index (χ3n) is 6.34. The highest BCUT2D eigenvalue weighted by molar-refractivity contribution is 7.88.